The number of hydrazine groups is 1. The van der Waals surface area contributed by atoms with E-state index in [1.807, 2.05) is 6.07 Å². The van der Waals surface area contributed by atoms with Gasteiger partial charge in [0, 0.05) is 12.1 Å². The van der Waals surface area contributed by atoms with Gasteiger partial charge in [-0.1, -0.05) is 35.3 Å². The zero-order chi connectivity index (χ0) is 15.4. The SMILES string of the molecule is NNC(Cc1ccc(Cl)c(Cl)c1)Cc1ccc(F)cc1F. The molecule has 21 heavy (non-hydrogen) atoms. The van der Waals surface area contributed by atoms with Gasteiger partial charge in [0.15, 0.2) is 0 Å². The fourth-order valence-corrected chi connectivity index (χ4v) is 2.41. The number of hydrogen-bond donors (Lipinski definition) is 2. The highest BCUT2D eigenvalue weighted by Gasteiger charge is 2.13. The zero-order valence-corrected chi connectivity index (χ0v) is 12.6. The third-order valence-corrected chi connectivity index (χ3v) is 3.92. The molecule has 6 heteroatoms. The Morgan fingerprint density at radius 2 is 1.76 bits per heavy atom. The molecule has 0 spiro atoms. The van der Waals surface area contributed by atoms with Crippen molar-refractivity contribution in [3.05, 3.63) is 69.2 Å². The van der Waals surface area contributed by atoms with E-state index in [1.165, 1.54) is 12.1 Å². The minimum Gasteiger partial charge on any atom is -0.271 e. The number of nitrogens with one attached hydrogen (secondary N) is 1. The van der Waals surface area contributed by atoms with Gasteiger partial charge >= 0.3 is 0 Å². The zero-order valence-electron chi connectivity index (χ0n) is 11.0. The van der Waals surface area contributed by atoms with Gasteiger partial charge in [0.1, 0.15) is 11.6 Å². The Morgan fingerprint density at radius 3 is 2.38 bits per heavy atom. The molecule has 1 atom stereocenters. The van der Waals surface area contributed by atoms with E-state index >= 15 is 0 Å². The second-order valence-electron chi connectivity index (χ2n) is 4.76. The van der Waals surface area contributed by atoms with Gasteiger partial charge in [-0.15, -0.1) is 0 Å². The quantitative estimate of drug-likeness (QED) is 0.644. The first-order chi connectivity index (χ1) is 9.99. The van der Waals surface area contributed by atoms with Crippen molar-refractivity contribution in [2.75, 3.05) is 0 Å². The summed E-state index contributed by atoms with van der Waals surface area (Å²) in [6.45, 7) is 0. The minimum atomic E-state index is -0.599. The van der Waals surface area contributed by atoms with Crippen molar-refractivity contribution in [1.82, 2.24) is 5.43 Å². The van der Waals surface area contributed by atoms with Crippen molar-refractivity contribution in [3.63, 3.8) is 0 Å². The second-order valence-corrected chi connectivity index (χ2v) is 5.57. The van der Waals surface area contributed by atoms with Crippen LogP contribution in [-0.2, 0) is 12.8 Å². The fourth-order valence-electron chi connectivity index (χ4n) is 2.09. The predicted molar refractivity (Wildman–Crippen MR) is 81.3 cm³/mol. The molecule has 0 aliphatic rings. The molecule has 0 fully saturated rings. The van der Waals surface area contributed by atoms with Crippen molar-refractivity contribution in [2.24, 2.45) is 5.84 Å². The highest BCUT2D eigenvalue weighted by atomic mass is 35.5. The van der Waals surface area contributed by atoms with E-state index in [0.29, 0.717) is 28.5 Å². The van der Waals surface area contributed by atoms with E-state index in [2.05, 4.69) is 5.43 Å². The second kappa shape index (κ2) is 7.18. The normalized spacial score (nSPS) is 12.4. The molecule has 2 nitrogen and oxygen atoms in total. The van der Waals surface area contributed by atoms with Crippen LogP contribution in [0.4, 0.5) is 8.78 Å². The van der Waals surface area contributed by atoms with Gasteiger partial charge in [-0.3, -0.25) is 11.3 Å². The lowest BCUT2D eigenvalue weighted by Gasteiger charge is -2.17. The van der Waals surface area contributed by atoms with E-state index in [9.17, 15) is 8.78 Å². The van der Waals surface area contributed by atoms with E-state index in [-0.39, 0.29) is 6.04 Å². The molecule has 0 saturated heterocycles. The molecular weight excluding hydrogens is 317 g/mol. The molecular formula is C15H14Cl2F2N2. The topological polar surface area (TPSA) is 38.0 Å². The van der Waals surface area contributed by atoms with Gasteiger partial charge in [-0.2, -0.15) is 0 Å². The molecule has 0 saturated carbocycles. The maximum atomic E-state index is 13.7. The maximum Gasteiger partial charge on any atom is 0.129 e. The monoisotopic (exact) mass is 330 g/mol. The Morgan fingerprint density at radius 1 is 1.00 bits per heavy atom. The Labute approximate surface area is 131 Å². The first-order valence-electron chi connectivity index (χ1n) is 6.33. The summed E-state index contributed by atoms with van der Waals surface area (Å²) in [5.74, 6) is 4.33. The summed E-state index contributed by atoms with van der Waals surface area (Å²) in [6, 6.07) is 8.58. The summed E-state index contributed by atoms with van der Waals surface area (Å²) in [5, 5.41) is 0.931. The Kier molecular flexibility index (Phi) is 5.53. The Balaban J connectivity index is 2.10. The summed E-state index contributed by atoms with van der Waals surface area (Å²) in [7, 11) is 0. The molecule has 0 aliphatic heterocycles. The lowest BCUT2D eigenvalue weighted by Crippen LogP contribution is -2.38. The molecule has 0 aliphatic carbocycles. The number of nitrogens with two attached hydrogens (primary N) is 1. The fraction of sp³-hybridized carbons (Fsp3) is 0.200. The number of hydrogen-bond acceptors (Lipinski definition) is 2. The first kappa shape index (κ1) is 16.2. The summed E-state index contributed by atoms with van der Waals surface area (Å²) in [6.07, 6.45) is 0.882. The van der Waals surface area contributed by atoms with Crippen LogP contribution < -0.4 is 11.3 Å². The van der Waals surface area contributed by atoms with E-state index in [0.717, 1.165) is 11.6 Å². The van der Waals surface area contributed by atoms with Crippen LogP contribution >= 0.6 is 23.2 Å². The Bertz CT molecular complexity index is 635. The third kappa shape index (κ3) is 4.38. The molecule has 0 radical (unpaired) electrons. The van der Waals surface area contributed by atoms with Crippen molar-refractivity contribution in [2.45, 2.75) is 18.9 Å². The van der Waals surface area contributed by atoms with Gasteiger partial charge in [-0.05, 0) is 42.2 Å². The van der Waals surface area contributed by atoms with Crippen LogP contribution in [0.1, 0.15) is 11.1 Å². The van der Waals surface area contributed by atoms with E-state index in [4.69, 9.17) is 29.0 Å². The van der Waals surface area contributed by atoms with Crippen LogP contribution in [0.25, 0.3) is 0 Å². The minimum absolute atomic E-state index is 0.206. The predicted octanol–water partition coefficient (Wildman–Crippen LogP) is 3.89. The van der Waals surface area contributed by atoms with Gasteiger partial charge in [0.2, 0.25) is 0 Å². The third-order valence-electron chi connectivity index (χ3n) is 3.18. The smallest absolute Gasteiger partial charge is 0.129 e. The summed E-state index contributed by atoms with van der Waals surface area (Å²) < 4.78 is 26.5. The highest BCUT2D eigenvalue weighted by Crippen LogP contribution is 2.23. The lowest BCUT2D eigenvalue weighted by atomic mass is 9.99. The molecule has 112 valence electrons. The standard InChI is InChI=1S/C15H14Cl2F2N2/c16-13-4-1-9(6-14(13)17)5-12(21-20)7-10-2-3-11(18)8-15(10)19/h1-4,6,8,12,21H,5,7,20H2. The van der Waals surface area contributed by atoms with Crippen molar-refractivity contribution >= 4 is 23.2 Å². The number of halogens is 4. The maximum absolute atomic E-state index is 13.7. The summed E-state index contributed by atoms with van der Waals surface area (Å²) >= 11 is 11.8. The van der Waals surface area contributed by atoms with Gasteiger partial charge in [0.05, 0.1) is 10.0 Å². The van der Waals surface area contributed by atoms with Crippen molar-refractivity contribution in [1.29, 1.82) is 0 Å². The van der Waals surface area contributed by atoms with Crippen LogP contribution in [0.2, 0.25) is 10.0 Å². The average molecular weight is 331 g/mol. The first-order valence-corrected chi connectivity index (χ1v) is 7.09. The largest absolute Gasteiger partial charge is 0.271 e. The van der Waals surface area contributed by atoms with Crippen molar-refractivity contribution in [3.8, 4) is 0 Å². The summed E-state index contributed by atoms with van der Waals surface area (Å²) in [5.41, 5.74) is 3.97. The van der Waals surface area contributed by atoms with Crippen LogP contribution in [0, 0.1) is 11.6 Å². The highest BCUT2D eigenvalue weighted by molar-refractivity contribution is 6.42. The molecule has 2 aromatic carbocycles. The lowest BCUT2D eigenvalue weighted by molar-refractivity contribution is 0.502. The molecule has 0 heterocycles. The molecule has 2 rings (SSSR count). The molecule has 1 unspecified atom stereocenters. The molecule has 0 bridgehead atoms. The van der Waals surface area contributed by atoms with Crippen LogP contribution in [0.5, 0.6) is 0 Å². The van der Waals surface area contributed by atoms with Gasteiger partial charge < -0.3 is 0 Å². The Hall–Kier alpha value is -1.20. The average Bonchev–Trinajstić information content (AvgIpc) is 2.44. The number of rotatable bonds is 5. The summed E-state index contributed by atoms with van der Waals surface area (Å²) in [4.78, 5) is 0. The van der Waals surface area contributed by atoms with Gasteiger partial charge in [0.25, 0.3) is 0 Å². The molecule has 2 aromatic rings. The van der Waals surface area contributed by atoms with Crippen LogP contribution in [-0.4, -0.2) is 6.04 Å². The van der Waals surface area contributed by atoms with Crippen molar-refractivity contribution < 1.29 is 8.78 Å². The van der Waals surface area contributed by atoms with Crippen LogP contribution in [0.3, 0.4) is 0 Å². The number of benzene rings is 2. The molecule has 0 amide bonds. The molecule has 0 aromatic heterocycles. The van der Waals surface area contributed by atoms with Crippen LogP contribution in [0.15, 0.2) is 36.4 Å². The van der Waals surface area contributed by atoms with Gasteiger partial charge in [-0.25, -0.2) is 8.78 Å². The molecule has 3 N–H and O–H groups in total. The van der Waals surface area contributed by atoms with E-state index in [1.54, 1.807) is 12.1 Å². The van der Waals surface area contributed by atoms with E-state index < -0.39 is 11.6 Å².